The Hall–Kier alpha value is -5.25. The van der Waals surface area contributed by atoms with E-state index >= 15 is 0 Å². The van der Waals surface area contributed by atoms with Crippen LogP contribution in [0.1, 0.15) is 38.7 Å². The molecule has 1 aliphatic rings. The Morgan fingerprint density at radius 2 is 1.46 bits per heavy atom. The van der Waals surface area contributed by atoms with Crippen molar-refractivity contribution in [2.45, 2.75) is 25.0 Å². The first kappa shape index (κ1) is 25.4. The lowest BCUT2D eigenvalue weighted by molar-refractivity contribution is -0.0192. The predicted molar refractivity (Wildman–Crippen MR) is 137 cm³/mol. The molecule has 4 aromatic carbocycles. The Bertz CT molecular complexity index is 1540. The maximum Gasteiger partial charge on any atom is 0.338 e. The summed E-state index contributed by atoms with van der Waals surface area (Å²) in [6.07, 6.45) is -1.98. The predicted octanol–water partition coefficient (Wildman–Crippen LogP) is 4.12. The van der Waals surface area contributed by atoms with Gasteiger partial charge in [0, 0.05) is 35.6 Å². The lowest BCUT2D eigenvalue weighted by Gasteiger charge is -2.35. The number of esters is 1. The minimum atomic E-state index is -1.10. The average Bonchev–Trinajstić information content (AvgIpc) is 2.91. The number of aromatic hydroxyl groups is 7. The molecule has 5 rings (SSSR count). The highest BCUT2D eigenvalue weighted by Crippen LogP contribution is 2.47. The number of carbonyl (C=O) groups excluding carboxylic acids is 1. The lowest BCUT2D eigenvalue weighted by Crippen LogP contribution is -2.35. The van der Waals surface area contributed by atoms with Crippen molar-refractivity contribution in [2.75, 3.05) is 0 Å². The van der Waals surface area contributed by atoms with Crippen molar-refractivity contribution in [3.63, 3.8) is 0 Å². The molecule has 0 bridgehead atoms. The molecular formula is C29H24O10. The summed E-state index contributed by atoms with van der Waals surface area (Å²) >= 11 is 0. The highest BCUT2D eigenvalue weighted by Gasteiger charge is 2.38. The fourth-order valence-corrected chi connectivity index (χ4v) is 4.57. The van der Waals surface area contributed by atoms with E-state index in [-0.39, 0.29) is 47.0 Å². The van der Waals surface area contributed by atoms with Crippen LogP contribution in [0.3, 0.4) is 0 Å². The van der Waals surface area contributed by atoms with Gasteiger partial charge in [0.15, 0.2) is 34.9 Å². The molecule has 4 aromatic rings. The van der Waals surface area contributed by atoms with Crippen molar-refractivity contribution >= 4 is 5.97 Å². The zero-order valence-electron chi connectivity index (χ0n) is 20.3. The van der Waals surface area contributed by atoms with Crippen molar-refractivity contribution in [2.24, 2.45) is 0 Å². The van der Waals surface area contributed by atoms with Crippen molar-refractivity contribution in [3.8, 4) is 46.0 Å². The second-order valence-electron chi connectivity index (χ2n) is 9.16. The monoisotopic (exact) mass is 532 g/mol. The Kier molecular flexibility index (Phi) is 6.45. The second kappa shape index (κ2) is 9.90. The van der Waals surface area contributed by atoms with E-state index in [0.717, 1.165) is 17.7 Å². The van der Waals surface area contributed by atoms with Crippen LogP contribution in [0.15, 0.2) is 66.7 Å². The summed E-state index contributed by atoms with van der Waals surface area (Å²) in [7, 11) is 0. The summed E-state index contributed by atoms with van der Waals surface area (Å²) in [5, 5.41) is 70.6. The smallest absolute Gasteiger partial charge is 0.338 e. The maximum atomic E-state index is 13.0. The van der Waals surface area contributed by atoms with E-state index in [1.54, 1.807) is 0 Å². The summed E-state index contributed by atoms with van der Waals surface area (Å²) in [6, 6.07) is 16.2. The number of rotatable bonds is 5. The third kappa shape index (κ3) is 4.87. The van der Waals surface area contributed by atoms with Gasteiger partial charge >= 0.3 is 5.97 Å². The molecule has 0 aliphatic carbocycles. The van der Waals surface area contributed by atoms with Crippen molar-refractivity contribution in [1.82, 2.24) is 0 Å². The SMILES string of the molecule is O=C(O[C@H]1Cc2c(O)cc(O)c(Cc3ccccc3)c2O[C@@H]1c1ccc(O)c(O)c1)c1cc(O)c(O)c(O)c1. The molecule has 1 aliphatic heterocycles. The van der Waals surface area contributed by atoms with Crippen LogP contribution >= 0.6 is 0 Å². The number of fused-ring (bicyclic) bond motifs is 1. The number of carbonyl (C=O) groups is 1. The number of phenolic OH excluding ortho intramolecular Hbond substituents is 7. The first-order valence-electron chi connectivity index (χ1n) is 11.9. The average molecular weight is 533 g/mol. The van der Waals surface area contributed by atoms with Gasteiger partial charge in [0.2, 0.25) is 0 Å². The van der Waals surface area contributed by atoms with E-state index in [2.05, 4.69) is 0 Å². The summed E-state index contributed by atoms with van der Waals surface area (Å²) in [5.41, 5.74) is 1.58. The van der Waals surface area contributed by atoms with E-state index in [1.807, 2.05) is 30.3 Å². The van der Waals surface area contributed by atoms with Crippen LogP contribution in [-0.4, -0.2) is 47.8 Å². The number of phenols is 7. The molecule has 10 nitrogen and oxygen atoms in total. The third-order valence-electron chi connectivity index (χ3n) is 6.54. The van der Waals surface area contributed by atoms with Crippen LogP contribution in [-0.2, 0) is 17.6 Å². The van der Waals surface area contributed by atoms with Crippen LogP contribution in [0.5, 0.6) is 46.0 Å². The first-order valence-corrected chi connectivity index (χ1v) is 11.9. The van der Waals surface area contributed by atoms with E-state index in [1.165, 1.54) is 24.3 Å². The summed E-state index contributed by atoms with van der Waals surface area (Å²) in [5.74, 6) is -4.36. The molecule has 0 aromatic heterocycles. The topological polar surface area (TPSA) is 177 Å². The quantitative estimate of drug-likeness (QED) is 0.146. The lowest BCUT2D eigenvalue weighted by atomic mass is 9.90. The van der Waals surface area contributed by atoms with Crippen LogP contribution in [0.25, 0.3) is 0 Å². The summed E-state index contributed by atoms with van der Waals surface area (Å²) in [4.78, 5) is 13.0. The zero-order valence-corrected chi connectivity index (χ0v) is 20.3. The maximum absolute atomic E-state index is 13.0. The van der Waals surface area contributed by atoms with E-state index in [9.17, 15) is 40.5 Å². The van der Waals surface area contributed by atoms with Gasteiger partial charge in [-0.1, -0.05) is 36.4 Å². The Balaban J connectivity index is 1.57. The van der Waals surface area contributed by atoms with Gasteiger partial charge in [-0.3, -0.25) is 0 Å². The first-order chi connectivity index (χ1) is 18.6. The van der Waals surface area contributed by atoms with Gasteiger partial charge in [-0.2, -0.15) is 0 Å². The van der Waals surface area contributed by atoms with Crippen molar-refractivity contribution in [1.29, 1.82) is 0 Å². The fourth-order valence-electron chi connectivity index (χ4n) is 4.57. The van der Waals surface area contributed by atoms with Gasteiger partial charge in [0.1, 0.15) is 23.4 Å². The molecule has 0 amide bonds. The fraction of sp³-hybridized carbons (Fsp3) is 0.138. The van der Waals surface area contributed by atoms with Gasteiger partial charge in [0.25, 0.3) is 0 Å². The number of benzene rings is 4. The highest BCUT2D eigenvalue weighted by atomic mass is 16.6. The van der Waals surface area contributed by atoms with E-state index < -0.39 is 41.2 Å². The van der Waals surface area contributed by atoms with Gasteiger partial charge in [0.05, 0.1) is 5.56 Å². The summed E-state index contributed by atoms with van der Waals surface area (Å²) < 4.78 is 11.9. The van der Waals surface area contributed by atoms with Gasteiger partial charge < -0.3 is 45.2 Å². The molecule has 7 N–H and O–H groups in total. The van der Waals surface area contributed by atoms with Gasteiger partial charge in [-0.15, -0.1) is 0 Å². The van der Waals surface area contributed by atoms with Crippen LogP contribution in [0, 0.1) is 0 Å². The van der Waals surface area contributed by atoms with Crippen molar-refractivity contribution < 1.29 is 50.0 Å². The highest BCUT2D eigenvalue weighted by molar-refractivity contribution is 5.91. The largest absolute Gasteiger partial charge is 0.507 e. The molecule has 200 valence electrons. The molecule has 0 saturated carbocycles. The van der Waals surface area contributed by atoms with E-state index in [0.29, 0.717) is 11.1 Å². The number of hydrogen-bond acceptors (Lipinski definition) is 10. The molecule has 10 heteroatoms. The van der Waals surface area contributed by atoms with Crippen LogP contribution in [0.2, 0.25) is 0 Å². The number of hydrogen-bond donors (Lipinski definition) is 7. The number of ether oxygens (including phenoxy) is 2. The molecule has 0 spiro atoms. The Labute approximate surface area is 221 Å². The minimum absolute atomic E-state index is 0.0721. The van der Waals surface area contributed by atoms with E-state index in [4.69, 9.17) is 9.47 Å². The Morgan fingerprint density at radius 3 is 2.13 bits per heavy atom. The van der Waals surface area contributed by atoms with Gasteiger partial charge in [-0.25, -0.2) is 4.79 Å². The normalized spacial score (nSPS) is 16.2. The molecule has 0 radical (unpaired) electrons. The minimum Gasteiger partial charge on any atom is -0.507 e. The summed E-state index contributed by atoms with van der Waals surface area (Å²) in [6.45, 7) is 0. The van der Waals surface area contributed by atoms with Crippen LogP contribution < -0.4 is 4.74 Å². The molecular weight excluding hydrogens is 508 g/mol. The second-order valence-corrected chi connectivity index (χ2v) is 9.16. The Morgan fingerprint density at radius 1 is 0.769 bits per heavy atom. The molecule has 0 fully saturated rings. The third-order valence-corrected chi connectivity index (χ3v) is 6.54. The van der Waals surface area contributed by atoms with Crippen LogP contribution in [0.4, 0.5) is 0 Å². The molecule has 1 heterocycles. The molecule has 0 saturated heterocycles. The van der Waals surface area contributed by atoms with Crippen molar-refractivity contribution in [3.05, 3.63) is 94.5 Å². The van der Waals surface area contributed by atoms with Gasteiger partial charge in [-0.05, 0) is 29.8 Å². The standard InChI is InChI=1S/C29H24O10/c30-19-7-6-15(9-22(19)33)27-25(38-29(37)16-10-23(34)26(36)24(35)11-16)12-18-21(32)13-20(31)17(28(18)39-27)8-14-4-2-1-3-5-14/h1-7,9-11,13,25,27,30-36H,8,12H2/t25-,27+/m0/s1. The molecule has 2 atom stereocenters. The molecule has 0 unspecified atom stereocenters. The molecule has 39 heavy (non-hydrogen) atoms. The zero-order chi connectivity index (χ0) is 27.8.